The molecule has 31 heavy (non-hydrogen) atoms. The van der Waals surface area contributed by atoms with Crippen LogP contribution in [0.4, 0.5) is 23.8 Å². The number of piperazine rings is 1. The zero-order chi connectivity index (χ0) is 21.4. The summed E-state index contributed by atoms with van der Waals surface area (Å²) < 4.78 is 0. The van der Waals surface area contributed by atoms with Gasteiger partial charge in [0.15, 0.2) is 0 Å². The van der Waals surface area contributed by atoms with Gasteiger partial charge in [0.25, 0.3) is 0 Å². The van der Waals surface area contributed by atoms with Crippen molar-refractivity contribution in [3.05, 3.63) is 11.6 Å². The SMILES string of the molecule is Nc1nc(N)nc(C2CC3CC2CC3c2nc(N)nc(NCCN3CCNCC3)n2)n1. The maximum absolute atomic E-state index is 6.02. The quantitative estimate of drug-likeness (QED) is 0.396. The first kappa shape index (κ1) is 20.1. The van der Waals surface area contributed by atoms with Crippen molar-refractivity contribution < 1.29 is 0 Å². The van der Waals surface area contributed by atoms with E-state index >= 15 is 0 Å². The summed E-state index contributed by atoms with van der Waals surface area (Å²) in [6, 6.07) is 0. The molecule has 12 heteroatoms. The number of fused-ring (bicyclic) bond motifs is 2. The second-order valence-corrected chi connectivity index (χ2v) is 8.74. The molecule has 0 amide bonds. The molecule has 0 radical (unpaired) electrons. The molecule has 0 spiro atoms. The van der Waals surface area contributed by atoms with Gasteiger partial charge in [-0.05, 0) is 31.1 Å². The van der Waals surface area contributed by atoms with Gasteiger partial charge >= 0.3 is 0 Å². The smallest absolute Gasteiger partial charge is 0.227 e. The molecule has 1 saturated heterocycles. The van der Waals surface area contributed by atoms with E-state index in [0.717, 1.165) is 64.4 Å². The zero-order valence-electron chi connectivity index (χ0n) is 17.5. The summed E-state index contributed by atoms with van der Waals surface area (Å²) in [4.78, 5) is 28.4. The van der Waals surface area contributed by atoms with Crippen LogP contribution in [-0.4, -0.2) is 74.1 Å². The van der Waals surface area contributed by atoms with Crippen LogP contribution in [0.25, 0.3) is 0 Å². The molecular weight excluding hydrogens is 396 g/mol. The Kier molecular flexibility index (Phi) is 5.40. The Morgan fingerprint density at radius 2 is 1.35 bits per heavy atom. The van der Waals surface area contributed by atoms with Crippen LogP contribution in [0.1, 0.15) is 42.7 Å². The van der Waals surface area contributed by atoms with Crippen LogP contribution in [0.3, 0.4) is 0 Å². The molecule has 2 aromatic rings. The molecule has 166 valence electrons. The molecule has 0 aromatic carbocycles. The lowest BCUT2D eigenvalue weighted by molar-refractivity contribution is 0.249. The number of hydrogen-bond acceptors (Lipinski definition) is 12. The van der Waals surface area contributed by atoms with Crippen molar-refractivity contribution in [1.82, 2.24) is 40.1 Å². The summed E-state index contributed by atoms with van der Waals surface area (Å²) in [6.45, 7) is 5.95. The standard InChI is InChI=1S/C19H30N12/c20-16-25-14(26-17(21)29-16)12-8-11-7-10(12)9-13(11)15-27-18(22)30-19(28-15)24-3-6-31-4-1-23-2-5-31/h10-13,23H,1-9H2,(H4,20,21,25,26,29)(H3,22,24,27,28,30). The first-order valence-electron chi connectivity index (χ1n) is 11.0. The summed E-state index contributed by atoms with van der Waals surface area (Å²) in [5.74, 6) is 4.15. The number of nitrogens with zero attached hydrogens (tertiary/aromatic N) is 7. The van der Waals surface area contributed by atoms with Crippen LogP contribution in [0.2, 0.25) is 0 Å². The molecule has 5 rings (SSSR count). The van der Waals surface area contributed by atoms with E-state index in [4.69, 9.17) is 22.2 Å². The summed E-state index contributed by atoms with van der Waals surface area (Å²) in [6.07, 6.45) is 3.04. The van der Waals surface area contributed by atoms with E-state index in [0.29, 0.717) is 23.6 Å². The van der Waals surface area contributed by atoms with E-state index in [1.54, 1.807) is 0 Å². The van der Waals surface area contributed by atoms with E-state index in [2.05, 4.69) is 40.5 Å². The third-order valence-corrected chi connectivity index (χ3v) is 6.80. The molecule has 2 bridgehead atoms. The highest BCUT2D eigenvalue weighted by Crippen LogP contribution is 2.58. The van der Waals surface area contributed by atoms with Gasteiger partial charge in [-0.1, -0.05) is 0 Å². The third-order valence-electron chi connectivity index (χ3n) is 6.80. The third kappa shape index (κ3) is 4.30. The van der Waals surface area contributed by atoms with E-state index in [9.17, 15) is 0 Å². The van der Waals surface area contributed by atoms with Crippen LogP contribution in [0, 0.1) is 11.8 Å². The van der Waals surface area contributed by atoms with E-state index in [-0.39, 0.29) is 29.7 Å². The largest absolute Gasteiger partial charge is 0.368 e. The van der Waals surface area contributed by atoms with Gasteiger partial charge in [0.05, 0.1) is 0 Å². The highest BCUT2D eigenvalue weighted by atomic mass is 15.2. The molecule has 1 aliphatic heterocycles. The fourth-order valence-corrected chi connectivity index (χ4v) is 5.42. The maximum atomic E-state index is 6.02. The van der Waals surface area contributed by atoms with Crippen molar-refractivity contribution in [1.29, 1.82) is 0 Å². The van der Waals surface area contributed by atoms with Crippen molar-refractivity contribution in [3.63, 3.8) is 0 Å². The van der Waals surface area contributed by atoms with Gasteiger partial charge in [0.2, 0.25) is 23.8 Å². The number of nitrogen functional groups attached to an aromatic ring is 3. The van der Waals surface area contributed by atoms with Crippen LogP contribution < -0.4 is 27.8 Å². The van der Waals surface area contributed by atoms with Gasteiger partial charge in [-0.3, -0.25) is 4.90 Å². The molecule has 12 nitrogen and oxygen atoms in total. The van der Waals surface area contributed by atoms with E-state index in [1.807, 2.05) is 0 Å². The van der Waals surface area contributed by atoms with Gasteiger partial charge < -0.3 is 27.8 Å². The lowest BCUT2D eigenvalue weighted by Gasteiger charge is -2.27. The monoisotopic (exact) mass is 426 g/mol. The Morgan fingerprint density at radius 3 is 1.97 bits per heavy atom. The van der Waals surface area contributed by atoms with Crippen LogP contribution >= 0.6 is 0 Å². The molecule has 3 fully saturated rings. The number of hydrogen-bond donors (Lipinski definition) is 5. The normalized spacial score (nSPS) is 28.1. The predicted molar refractivity (Wildman–Crippen MR) is 117 cm³/mol. The van der Waals surface area contributed by atoms with Gasteiger partial charge in [0, 0.05) is 51.1 Å². The Hall–Kier alpha value is -2.86. The number of rotatable bonds is 6. The Bertz CT molecular complexity index is 910. The topological polar surface area (TPSA) is 183 Å². The molecular formula is C19H30N12. The molecule has 4 atom stereocenters. The van der Waals surface area contributed by atoms with E-state index < -0.39 is 0 Å². The van der Waals surface area contributed by atoms with Crippen LogP contribution in [-0.2, 0) is 0 Å². The van der Waals surface area contributed by atoms with Gasteiger partial charge in [0.1, 0.15) is 11.6 Å². The Balaban J connectivity index is 1.23. The zero-order valence-corrected chi connectivity index (χ0v) is 17.5. The van der Waals surface area contributed by atoms with Gasteiger partial charge in [-0.15, -0.1) is 0 Å². The number of nitrogens with one attached hydrogen (secondary N) is 2. The average molecular weight is 427 g/mol. The number of anilines is 4. The summed E-state index contributed by atoms with van der Waals surface area (Å²) >= 11 is 0. The molecule has 2 aliphatic carbocycles. The minimum atomic E-state index is 0.184. The molecule has 8 N–H and O–H groups in total. The maximum Gasteiger partial charge on any atom is 0.227 e. The van der Waals surface area contributed by atoms with Gasteiger partial charge in [-0.2, -0.15) is 29.9 Å². The summed E-state index contributed by atoms with van der Waals surface area (Å²) in [7, 11) is 0. The lowest BCUT2D eigenvalue weighted by Crippen LogP contribution is -2.45. The average Bonchev–Trinajstić information content (AvgIpc) is 3.35. The second-order valence-electron chi connectivity index (χ2n) is 8.74. The Labute approximate surface area is 180 Å². The minimum absolute atomic E-state index is 0.184. The van der Waals surface area contributed by atoms with E-state index in [1.165, 1.54) is 0 Å². The van der Waals surface area contributed by atoms with Crippen LogP contribution in [0.15, 0.2) is 0 Å². The number of nitrogens with two attached hydrogens (primary N) is 3. The lowest BCUT2D eigenvalue weighted by atomic mass is 9.81. The van der Waals surface area contributed by atoms with Crippen molar-refractivity contribution in [2.24, 2.45) is 11.8 Å². The van der Waals surface area contributed by atoms with Crippen molar-refractivity contribution in [2.75, 3.05) is 61.8 Å². The second kappa shape index (κ2) is 8.35. The molecule has 2 saturated carbocycles. The first-order chi connectivity index (χ1) is 15.0. The fourth-order valence-electron chi connectivity index (χ4n) is 5.42. The predicted octanol–water partition coefficient (Wildman–Crippen LogP) is -0.582. The number of aromatic nitrogens is 6. The highest BCUT2D eigenvalue weighted by Gasteiger charge is 2.49. The molecule has 3 aliphatic rings. The summed E-state index contributed by atoms with van der Waals surface area (Å²) in [5, 5.41) is 6.69. The highest BCUT2D eigenvalue weighted by molar-refractivity contribution is 5.33. The Morgan fingerprint density at radius 1 is 0.774 bits per heavy atom. The molecule has 2 aromatic heterocycles. The molecule has 4 unspecified atom stereocenters. The molecule has 3 heterocycles. The van der Waals surface area contributed by atoms with Crippen molar-refractivity contribution in [2.45, 2.75) is 31.1 Å². The van der Waals surface area contributed by atoms with Crippen LogP contribution in [0.5, 0.6) is 0 Å². The van der Waals surface area contributed by atoms with Crippen molar-refractivity contribution >= 4 is 23.8 Å². The minimum Gasteiger partial charge on any atom is -0.368 e. The first-order valence-corrected chi connectivity index (χ1v) is 11.0. The summed E-state index contributed by atoms with van der Waals surface area (Å²) in [5.41, 5.74) is 17.6. The fraction of sp³-hybridized carbons (Fsp3) is 0.684. The van der Waals surface area contributed by atoms with Crippen molar-refractivity contribution in [3.8, 4) is 0 Å². The van der Waals surface area contributed by atoms with Gasteiger partial charge in [-0.25, -0.2) is 0 Å².